The topological polar surface area (TPSA) is 79.5 Å². The highest BCUT2D eigenvalue weighted by Gasteiger charge is 2.30. The van der Waals surface area contributed by atoms with Crippen LogP contribution in [0.1, 0.15) is 39.9 Å². The second-order valence-corrected chi connectivity index (χ2v) is 9.66. The second kappa shape index (κ2) is 13.8. The highest BCUT2D eigenvalue weighted by atomic mass is 19.4. The fourth-order valence-corrected chi connectivity index (χ4v) is 4.36. The van der Waals surface area contributed by atoms with Crippen LogP contribution in [0, 0.1) is 0 Å². The third-order valence-corrected chi connectivity index (χ3v) is 6.50. The SMILES string of the molecule is CNCCCCNC(=O)Cc1cccc(CNC(=O)c2ccc3c(Oc4ccc(C(F)(F)F)cc4)cccc3c2)c1. The predicted octanol–water partition coefficient (Wildman–Crippen LogP) is 6.24. The summed E-state index contributed by atoms with van der Waals surface area (Å²) in [7, 11) is 1.90. The maximum Gasteiger partial charge on any atom is 0.416 e. The lowest BCUT2D eigenvalue weighted by molar-refractivity contribution is -0.137. The first-order valence-corrected chi connectivity index (χ1v) is 13.4. The van der Waals surface area contributed by atoms with Crippen molar-refractivity contribution in [2.75, 3.05) is 20.1 Å². The molecule has 9 heteroatoms. The van der Waals surface area contributed by atoms with Crippen molar-refractivity contribution in [2.45, 2.75) is 32.0 Å². The Bertz CT molecular complexity index is 1490. The third-order valence-electron chi connectivity index (χ3n) is 6.50. The van der Waals surface area contributed by atoms with E-state index in [0.717, 1.165) is 53.4 Å². The first kappa shape index (κ1) is 29.6. The molecule has 4 rings (SSSR count). The zero-order valence-corrected chi connectivity index (χ0v) is 22.7. The molecule has 3 N–H and O–H groups in total. The molecule has 41 heavy (non-hydrogen) atoms. The van der Waals surface area contributed by atoms with Crippen LogP contribution in [0.4, 0.5) is 13.2 Å². The minimum Gasteiger partial charge on any atom is -0.457 e. The number of fused-ring (bicyclic) bond motifs is 1. The number of nitrogens with one attached hydrogen (secondary N) is 3. The minimum absolute atomic E-state index is 0.0338. The first-order valence-electron chi connectivity index (χ1n) is 13.4. The maximum absolute atomic E-state index is 12.9. The smallest absolute Gasteiger partial charge is 0.416 e. The Labute approximate surface area is 236 Å². The van der Waals surface area contributed by atoms with E-state index in [0.29, 0.717) is 24.4 Å². The summed E-state index contributed by atoms with van der Waals surface area (Å²) in [5.74, 6) is 0.448. The summed E-state index contributed by atoms with van der Waals surface area (Å²) < 4.78 is 44.4. The van der Waals surface area contributed by atoms with E-state index in [1.165, 1.54) is 12.1 Å². The number of carbonyl (C=O) groups is 2. The molecular formula is C32H32F3N3O3. The van der Waals surface area contributed by atoms with Crippen molar-refractivity contribution in [2.24, 2.45) is 0 Å². The number of amides is 2. The van der Waals surface area contributed by atoms with Crippen molar-refractivity contribution >= 4 is 22.6 Å². The largest absolute Gasteiger partial charge is 0.457 e. The Morgan fingerprint density at radius 3 is 2.29 bits per heavy atom. The van der Waals surface area contributed by atoms with Gasteiger partial charge in [-0.3, -0.25) is 9.59 Å². The van der Waals surface area contributed by atoms with Crippen molar-refractivity contribution in [3.05, 3.63) is 107 Å². The highest BCUT2D eigenvalue weighted by Crippen LogP contribution is 2.33. The predicted molar refractivity (Wildman–Crippen MR) is 153 cm³/mol. The number of hydrogen-bond acceptors (Lipinski definition) is 4. The van der Waals surface area contributed by atoms with Crippen LogP contribution in [0.15, 0.2) is 84.9 Å². The van der Waals surface area contributed by atoms with Gasteiger partial charge in [-0.25, -0.2) is 0 Å². The van der Waals surface area contributed by atoms with Gasteiger partial charge in [0.15, 0.2) is 0 Å². The van der Waals surface area contributed by atoms with Gasteiger partial charge in [-0.1, -0.05) is 36.4 Å². The molecule has 0 aromatic heterocycles. The van der Waals surface area contributed by atoms with E-state index in [4.69, 9.17) is 4.74 Å². The molecule has 0 saturated heterocycles. The molecule has 0 heterocycles. The van der Waals surface area contributed by atoms with E-state index in [2.05, 4.69) is 16.0 Å². The Morgan fingerprint density at radius 2 is 1.54 bits per heavy atom. The quantitative estimate of drug-likeness (QED) is 0.178. The Kier molecular flexibility index (Phi) is 9.97. The van der Waals surface area contributed by atoms with Gasteiger partial charge in [0.25, 0.3) is 5.91 Å². The lowest BCUT2D eigenvalue weighted by Gasteiger charge is -2.12. The summed E-state index contributed by atoms with van der Waals surface area (Å²) in [6.45, 7) is 1.86. The van der Waals surface area contributed by atoms with Crippen LogP contribution in [0.3, 0.4) is 0 Å². The Balaban J connectivity index is 1.35. The van der Waals surface area contributed by atoms with Gasteiger partial charge in [0.1, 0.15) is 11.5 Å². The number of unbranched alkanes of at least 4 members (excludes halogenated alkanes) is 1. The Hall–Kier alpha value is -4.37. The molecule has 4 aromatic carbocycles. The second-order valence-electron chi connectivity index (χ2n) is 9.66. The number of alkyl halides is 3. The third kappa shape index (κ3) is 8.56. The van der Waals surface area contributed by atoms with Gasteiger partial charge < -0.3 is 20.7 Å². The molecule has 0 radical (unpaired) electrons. The molecule has 4 aromatic rings. The van der Waals surface area contributed by atoms with Crippen molar-refractivity contribution in [3.8, 4) is 11.5 Å². The van der Waals surface area contributed by atoms with Crippen molar-refractivity contribution in [3.63, 3.8) is 0 Å². The summed E-state index contributed by atoms with van der Waals surface area (Å²) in [5, 5.41) is 10.4. The van der Waals surface area contributed by atoms with Gasteiger partial charge in [0.05, 0.1) is 12.0 Å². The van der Waals surface area contributed by atoms with Crippen LogP contribution >= 0.6 is 0 Å². The lowest BCUT2D eigenvalue weighted by atomic mass is 10.1. The molecule has 0 spiro atoms. The van der Waals surface area contributed by atoms with E-state index >= 15 is 0 Å². The molecule has 0 saturated carbocycles. The lowest BCUT2D eigenvalue weighted by Crippen LogP contribution is -2.26. The highest BCUT2D eigenvalue weighted by molar-refractivity contribution is 6.00. The fourth-order valence-electron chi connectivity index (χ4n) is 4.36. The number of hydrogen-bond donors (Lipinski definition) is 3. The average Bonchev–Trinajstić information content (AvgIpc) is 2.95. The normalized spacial score (nSPS) is 11.3. The van der Waals surface area contributed by atoms with Gasteiger partial charge in [-0.15, -0.1) is 0 Å². The molecule has 0 aliphatic rings. The van der Waals surface area contributed by atoms with Gasteiger partial charge in [-0.2, -0.15) is 13.2 Å². The molecular weight excluding hydrogens is 531 g/mol. The fraction of sp³-hybridized carbons (Fsp3) is 0.250. The van der Waals surface area contributed by atoms with Crippen LogP contribution in [0.25, 0.3) is 10.8 Å². The van der Waals surface area contributed by atoms with Gasteiger partial charge in [0.2, 0.25) is 5.91 Å². The first-order chi connectivity index (χ1) is 19.7. The maximum atomic E-state index is 12.9. The van der Waals surface area contributed by atoms with Crippen LogP contribution < -0.4 is 20.7 Å². The van der Waals surface area contributed by atoms with E-state index in [-0.39, 0.29) is 24.0 Å². The van der Waals surface area contributed by atoms with Crippen LogP contribution in [0.2, 0.25) is 0 Å². The van der Waals surface area contributed by atoms with Crippen LogP contribution in [-0.2, 0) is 23.9 Å². The van der Waals surface area contributed by atoms with Gasteiger partial charge in [-0.05, 0) is 91.5 Å². The molecule has 0 aliphatic heterocycles. The number of rotatable bonds is 12. The molecule has 2 amide bonds. The van der Waals surface area contributed by atoms with E-state index < -0.39 is 11.7 Å². The van der Waals surface area contributed by atoms with Gasteiger partial charge in [0, 0.05) is 24.0 Å². The minimum atomic E-state index is -4.42. The van der Waals surface area contributed by atoms with Crippen molar-refractivity contribution in [1.29, 1.82) is 0 Å². The standard InChI is InChI=1S/C32H32F3N3O3/c1-36-16-2-3-17-37-30(39)19-22-6-4-7-23(18-22)21-38-31(40)25-10-15-28-24(20-25)8-5-9-29(28)41-27-13-11-26(12-14-27)32(33,34)35/h4-15,18,20,36H,2-3,16-17,19,21H2,1H3,(H,37,39)(H,38,40). The number of ether oxygens (including phenoxy) is 1. The summed E-state index contributed by atoms with van der Waals surface area (Å²) in [6, 6.07) is 22.5. The molecule has 214 valence electrons. The zero-order chi connectivity index (χ0) is 29.2. The molecule has 0 bridgehead atoms. The van der Waals surface area contributed by atoms with Crippen molar-refractivity contribution in [1.82, 2.24) is 16.0 Å². The average molecular weight is 564 g/mol. The van der Waals surface area contributed by atoms with Crippen molar-refractivity contribution < 1.29 is 27.5 Å². The van der Waals surface area contributed by atoms with E-state index in [9.17, 15) is 22.8 Å². The zero-order valence-electron chi connectivity index (χ0n) is 22.7. The number of carbonyl (C=O) groups excluding carboxylic acids is 2. The Morgan fingerprint density at radius 1 is 0.805 bits per heavy atom. The van der Waals surface area contributed by atoms with E-state index in [1.807, 2.05) is 37.4 Å². The molecule has 6 nitrogen and oxygen atoms in total. The van der Waals surface area contributed by atoms with Crippen LogP contribution in [0.5, 0.6) is 11.5 Å². The number of benzene rings is 4. The summed E-state index contributed by atoms with van der Waals surface area (Å²) >= 11 is 0. The summed E-state index contributed by atoms with van der Waals surface area (Å²) in [4.78, 5) is 25.1. The van der Waals surface area contributed by atoms with E-state index in [1.54, 1.807) is 30.3 Å². The van der Waals surface area contributed by atoms with Crippen LogP contribution in [-0.4, -0.2) is 32.0 Å². The molecule has 0 aliphatic carbocycles. The summed E-state index contributed by atoms with van der Waals surface area (Å²) in [6.07, 6.45) is -2.23. The van der Waals surface area contributed by atoms with Gasteiger partial charge >= 0.3 is 6.18 Å². The summed E-state index contributed by atoms with van der Waals surface area (Å²) in [5.41, 5.74) is 1.46. The molecule has 0 fully saturated rings. The monoisotopic (exact) mass is 563 g/mol. The molecule has 0 unspecified atom stereocenters. The molecule has 0 atom stereocenters. The number of halogens is 3.